The summed E-state index contributed by atoms with van der Waals surface area (Å²) in [5.41, 5.74) is 1.47. The first-order chi connectivity index (χ1) is 11.3. The molecule has 0 aliphatic carbocycles. The lowest BCUT2D eigenvalue weighted by atomic mass is 9.85. The predicted octanol–water partition coefficient (Wildman–Crippen LogP) is 6.05. The van der Waals surface area contributed by atoms with Gasteiger partial charge < -0.3 is 4.57 Å². The van der Waals surface area contributed by atoms with Gasteiger partial charge in [-0.25, -0.2) is 4.98 Å². The molecule has 0 saturated heterocycles. The second kappa shape index (κ2) is 10.3. The van der Waals surface area contributed by atoms with Gasteiger partial charge in [0.15, 0.2) is 0 Å². The van der Waals surface area contributed by atoms with E-state index in [4.69, 9.17) is 0 Å². The summed E-state index contributed by atoms with van der Waals surface area (Å²) in [4.78, 5) is 4.30. The lowest BCUT2D eigenvalue weighted by Gasteiger charge is -2.29. The zero-order valence-corrected chi connectivity index (χ0v) is 14.8. The zero-order chi connectivity index (χ0) is 16.3. The number of imidazole rings is 1. The fourth-order valence-corrected chi connectivity index (χ4v) is 3.51. The molecular weight excluding hydrogens is 280 g/mol. The van der Waals surface area contributed by atoms with Gasteiger partial charge in [0.25, 0.3) is 0 Å². The highest BCUT2D eigenvalue weighted by atomic mass is 15.1. The molecule has 0 fully saturated rings. The van der Waals surface area contributed by atoms with E-state index in [0.717, 1.165) is 0 Å². The fraction of sp³-hybridized carbons (Fsp3) is 0.571. The van der Waals surface area contributed by atoms with E-state index in [1.165, 1.54) is 56.9 Å². The molecule has 2 aromatic rings. The van der Waals surface area contributed by atoms with Crippen LogP contribution < -0.4 is 0 Å². The summed E-state index contributed by atoms with van der Waals surface area (Å²) < 4.78 is 2.36. The highest BCUT2D eigenvalue weighted by Crippen LogP contribution is 2.31. The third kappa shape index (κ3) is 5.85. The van der Waals surface area contributed by atoms with Gasteiger partial charge in [-0.3, -0.25) is 0 Å². The van der Waals surface area contributed by atoms with E-state index >= 15 is 0 Å². The van der Waals surface area contributed by atoms with Gasteiger partial charge in [0.1, 0.15) is 0 Å². The normalized spacial score (nSPS) is 13.8. The van der Waals surface area contributed by atoms with Crippen LogP contribution in [-0.2, 0) is 6.42 Å². The van der Waals surface area contributed by atoms with Gasteiger partial charge in [-0.2, -0.15) is 0 Å². The van der Waals surface area contributed by atoms with Gasteiger partial charge in [-0.1, -0.05) is 76.3 Å². The summed E-state index contributed by atoms with van der Waals surface area (Å²) >= 11 is 0. The molecule has 0 bridgehead atoms. The Hall–Kier alpha value is -1.57. The predicted molar refractivity (Wildman–Crippen MR) is 98.6 cm³/mol. The summed E-state index contributed by atoms with van der Waals surface area (Å²) in [6, 6.07) is 11.6. The monoisotopic (exact) mass is 312 g/mol. The first-order valence-corrected chi connectivity index (χ1v) is 9.36. The highest BCUT2D eigenvalue weighted by molar-refractivity contribution is 5.15. The molecule has 2 heteroatoms. The molecule has 1 heterocycles. The van der Waals surface area contributed by atoms with Crippen LogP contribution in [0.4, 0.5) is 0 Å². The van der Waals surface area contributed by atoms with E-state index in [1.54, 1.807) is 0 Å². The van der Waals surface area contributed by atoms with Crippen molar-refractivity contribution >= 4 is 0 Å². The van der Waals surface area contributed by atoms with Crippen LogP contribution in [0, 0.1) is 5.92 Å². The van der Waals surface area contributed by atoms with Crippen molar-refractivity contribution in [3.63, 3.8) is 0 Å². The van der Waals surface area contributed by atoms with Crippen molar-refractivity contribution in [2.75, 3.05) is 0 Å². The second-order valence-electron chi connectivity index (χ2n) is 6.67. The molecule has 1 aromatic carbocycles. The Balaban J connectivity index is 2.13. The average Bonchev–Trinajstić information content (AvgIpc) is 3.11. The first kappa shape index (κ1) is 17.8. The lowest BCUT2D eigenvalue weighted by Crippen LogP contribution is -2.21. The number of benzene rings is 1. The van der Waals surface area contributed by atoms with Gasteiger partial charge >= 0.3 is 0 Å². The number of rotatable bonds is 11. The maximum Gasteiger partial charge on any atom is 0.0948 e. The van der Waals surface area contributed by atoms with E-state index < -0.39 is 0 Å². The van der Waals surface area contributed by atoms with Crippen molar-refractivity contribution in [3.05, 3.63) is 54.6 Å². The smallest absolute Gasteiger partial charge is 0.0948 e. The van der Waals surface area contributed by atoms with E-state index in [1.807, 2.05) is 12.5 Å². The number of unbranched alkanes of at least 4 members (excludes halogenated alkanes) is 3. The topological polar surface area (TPSA) is 17.8 Å². The van der Waals surface area contributed by atoms with Crippen molar-refractivity contribution in [3.8, 4) is 0 Å². The molecule has 126 valence electrons. The summed E-state index contributed by atoms with van der Waals surface area (Å²) in [6.45, 7) is 4.58. The average molecular weight is 313 g/mol. The Morgan fingerprint density at radius 3 is 2.39 bits per heavy atom. The summed E-state index contributed by atoms with van der Waals surface area (Å²) in [6.07, 6.45) is 16.4. The van der Waals surface area contributed by atoms with E-state index in [9.17, 15) is 0 Å². The molecule has 0 N–H and O–H groups in total. The molecule has 2 nitrogen and oxygen atoms in total. The third-order valence-electron chi connectivity index (χ3n) is 4.82. The van der Waals surface area contributed by atoms with Crippen LogP contribution in [0.2, 0.25) is 0 Å². The van der Waals surface area contributed by atoms with Gasteiger partial charge in [0.2, 0.25) is 0 Å². The van der Waals surface area contributed by atoms with Crippen LogP contribution >= 0.6 is 0 Å². The first-order valence-electron chi connectivity index (χ1n) is 9.36. The van der Waals surface area contributed by atoms with Crippen LogP contribution in [-0.4, -0.2) is 9.55 Å². The second-order valence-corrected chi connectivity index (χ2v) is 6.67. The minimum atomic E-state index is 0.579. The maximum atomic E-state index is 4.30. The van der Waals surface area contributed by atoms with Gasteiger partial charge in [-0.15, -0.1) is 0 Å². The molecule has 0 saturated carbocycles. The van der Waals surface area contributed by atoms with Gasteiger partial charge in [0.05, 0.1) is 6.33 Å². The number of hydrogen-bond acceptors (Lipinski definition) is 1. The molecular formula is C21H32N2. The van der Waals surface area contributed by atoms with Gasteiger partial charge in [0, 0.05) is 18.4 Å². The summed E-state index contributed by atoms with van der Waals surface area (Å²) in [5, 5.41) is 0. The van der Waals surface area contributed by atoms with Crippen LogP contribution in [0.15, 0.2) is 49.1 Å². The fourth-order valence-electron chi connectivity index (χ4n) is 3.51. The van der Waals surface area contributed by atoms with E-state index in [0.29, 0.717) is 12.0 Å². The Kier molecular flexibility index (Phi) is 7.92. The molecule has 0 radical (unpaired) electrons. The minimum absolute atomic E-state index is 0.579. The molecule has 0 amide bonds. The lowest BCUT2D eigenvalue weighted by molar-refractivity contribution is 0.278. The Bertz CT molecular complexity index is 504. The zero-order valence-electron chi connectivity index (χ0n) is 14.8. The molecule has 0 aliphatic rings. The number of aromatic nitrogens is 2. The molecule has 23 heavy (non-hydrogen) atoms. The molecule has 1 aromatic heterocycles. The standard InChI is InChI=1S/C21H32N2/c1-3-5-8-14-21(23-16-15-22-18-23)20(13-6-4-2)17-19-11-9-7-10-12-19/h7,9-12,15-16,18,20-21H,3-6,8,13-14,17H2,1-2H3. The maximum absolute atomic E-state index is 4.30. The molecule has 2 unspecified atom stereocenters. The molecule has 2 atom stereocenters. The quantitative estimate of drug-likeness (QED) is 0.461. The largest absolute Gasteiger partial charge is 0.334 e. The Morgan fingerprint density at radius 2 is 1.74 bits per heavy atom. The molecule has 0 spiro atoms. The molecule has 0 aliphatic heterocycles. The summed E-state index contributed by atoms with van der Waals surface area (Å²) in [5.74, 6) is 0.698. The van der Waals surface area contributed by atoms with Crippen molar-refractivity contribution in [2.24, 2.45) is 5.92 Å². The van der Waals surface area contributed by atoms with E-state index in [2.05, 4.69) is 59.9 Å². The number of nitrogens with zero attached hydrogens (tertiary/aromatic N) is 2. The highest BCUT2D eigenvalue weighted by Gasteiger charge is 2.22. The van der Waals surface area contributed by atoms with Crippen LogP contribution in [0.1, 0.15) is 70.4 Å². The molecule has 2 rings (SSSR count). The van der Waals surface area contributed by atoms with Gasteiger partial charge in [-0.05, 0) is 30.7 Å². The SMILES string of the molecule is CCCCCC(C(CCCC)Cc1ccccc1)n1ccnc1. The van der Waals surface area contributed by atoms with E-state index in [-0.39, 0.29) is 0 Å². The van der Waals surface area contributed by atoms with Crippen LogP contribution in [0.5, 0.6) is 0 Å². The van der Waals surface area contributed by atoms with Crippen molar-refractivity contribution < 1.29 is 0 Å². The van der Waals surface area contributed by atoms with Crippen LogP contribution in [0.25, 0.3) is 0 Å². The minimum Gasteiger partial charge on any atom is -0.334 e. The summed E-state index contributed by atoms with van der Waals surface area (Å²) in [7, 11) is 0. The van der Waals surface area contributed by atoms with Crippen molar-refractivity contribution in [1.82, 2.24) is 9.55 Å². The van der Waals surface area contributed by atoms with Crippen molar-refractivity contribution in [1.29, 1.82) is 0 Å². The third-order valence-corrected chi connectivity index (χ3v) is 4.82. The Labute approximate surface area is 142 Å². The Morgan fingerprint density at radius 1 is 0.957 bits per heavy atom. The van der Waals surface area contributed by atoms with Crippen LogP contribution in [0.3, 0.4) is 0 Å². The van der Waals surface area contributed by atoms with Crippen molar-refractivity contribution in [2.45, 2.75) is 71.3 Å². The number of hydrogen-bond donors (Lipinski definition) is 0.